The van der Waals surface area contributed by atoms with Gasteiger partial charge < -0.3 is 4.90 Å². The third-order valence-corrected chi connectivity index (χ3v) is 7.27. The van der Waals surface area contributed by atoms with Crippen molar-refractivity contribution in [3.05, 3.63) is 78.0 Å². The second-order valence-corrected chi connectivity index (χ2v) is 10.3. The Morgan fingerprint density at radius 2 is 1.81 bits per heavy atom. The molecule has 2 aromatic carbocycles. The predicted molar refractivity (Wildman–Crippen MR) is 126 cm³/mol. The van der Waals surface area contributed by atoms with Gasteiger partial charge in [-0.3, -0.25) is 10.1 Å². The van der Waals surface area contributed by atoms with Crippen molar-refractivity contribution in [2.24, 2.45) is 4.99 Å². The first kappa shape index (κ1) is 21.8. The van der Waals surface area contributed by atoms with Gasteiger partial charge in [-0.2, -0.15) is 0 Å². The summed E-state index contributed by atoms with van der Waals surface area (Å²) in [5.74, 6) is 0.120. The van der Waals surface area contributed by atoms with E-state index in [1.54, 1.807) is 55.4 Å². The first-order valence-corrected chi connectivity index (χ1v) is 11.7. The highest BCUT2D eigenvalue weighted by Gasteiger charge is 2.48. The van der Waals surface area contributed by atoms with Crippen LogP contribution in [0.15, 0.2) is 76.8 Å². The number of carbonyl (C=O) groups excluding carboxylic acids is 1. The van der Waals surface area contributed by atoms with Crippen LogP contribution in [0.2, 0.25) is 0 Å². The number of hydrogen-bond donors (Lipinski definition) is 1. The molecule has 1 atom stereocenters. The number of benzene rings is 2. The Morgan fingerprint density at radius 3 is 2.41 bits per heavy atom. The number of aryl methyl sites for hydroxylation is 1. The molecule has 0 bridgehead atoms. The molecule has 3 aromatic rings. The fourth-order valence-corrected chi connectivity index (χ4v) is 5.38. The summed E-state index contributed by atoms with van der Waals surface area (Å²) in [4.78, 5) is 20.0. The van der Waals surface area contributed by atoms with Crippen molar-refractivity contribution >= 4 is 32.8 Å². The van der Waals surface area contributed by atoms with Crippen LogP contribution < -0.4 is 5.32 Å². The van der Waals surface area contributed by atoms with E-state index in [0.717, 1.165) is 11.1 Å². The third kappa shape index (κ3) is 3.40. The van der Waals surface area contributed by atoms with Crippen molar-refractivity contribution in [2.75, 3.05) is 14.1 Å². The Bertz CT molecular complexity index is 1370. The van der Waals surface area contributed by atoms with Crippen molar-refractivity contribution in [3.8, 4) is 0 Å². The van der Waals surface area contributed by atoms with E-state index in [1.165, 1.54) is 10.2 Å². The molecule has 0 aliphatic carbocycles. The predicted octanol–water partition coefficient (Wildman–Crippen LogP) is 3.40. The first-order chi connectivity index (χ1) is 15.1. The van der Waals surface area contributed by atoms with Gasteiger partial charge in [-0.15, -0.1) is 6.58 Å². The Balaban J connectivity index is 2.01. The van der Waals surface area contributed by atoms with Crippen LogP contribution in [0, 0.1) is 6.92 Å². The van der Waals surface area contributed by atoms with Crippen LogP contribution in [0.25, 0.3) is 10.9 Å². The molecule has 0 saturated carbocycles. The van der Waals surface area contributed by atoms with E-state index in [9.17, 15) is 13.2 Å². The number of nitrogens with zero attached hydrogens (tertiary/aromatic N) is 3. The summed E-state index contributed by atoms with van der Waals surface area (Å²) in [7, 11) is -0.304. The molecule has 166 valence electrons. The fourth-order valence-electron chi connectivity index (χ4n) is 4.01. The molecule has 8 heteroatoms. The molecule has 0 radical (unpaired) electrons. The van der Waals surface area contributed by atoms with Crippen LogP contribution in [0.4, 0.5) is 0 Å². The summed E-state index contributed by atoms with van der Waals surface area (Å²) in [5.41, 5.74) is 1.45. The molecule has 0 saturated heterocycles. The van der Waals surface area contributed by atoms with E-state index < -0.39 is 15.6 Å². The lowest BCUT2D eigenvalue weighted by Crippen LogP contribution is -2.40. The summed E-state index contributed by atoms with van der Waals surface area (Å²) in [6.07, 6.45) is 1.79. The van der Waals surface area contributed by atoms with E-state index >= 15 is 0 Å². The molecule has 7 nitrogen and oxygen atoms in total. The van der Waals surface area contributed by atoms with Crippen LogP contribution in [0.3, 0.4) is 0 Å². The molecule has 1 unspecified atom stereocenters. The van der Waals surface area contributed by atoms with Crippen LogP contribution in [0.1, 0.15) is 24.5 Å². The third-order valence-electron chi connectivity index (χ3n) is 5.58. The molecule has 4 rings (SSSR count). The summed E-state index contributed by atoms with van der Waals surface area (Å²) in [5, 5.41) is 3.49. The average Bonchev–Trinajstić information content (AvgIpc) is 3.28. The van der Waals surface area contributed by atoms with Crippen molar-refractivity contribution in [1.29, 1.82) is 0 Å². The molecule has 1 N–H and O–H groups in total. The van der Waals surface area contributed by atoms with Gasteiger partial charge in [0.25, 0.3) is 15.9 Å². The second kappa shape index (κ2) is 7.63. The molecule has 2 heterocycles. The summed E-state index contributed by atoms with van der Waals surface area (Å²) in [6, 6.07) is 13.9. The van der Waals surface area contributed by atoms with Gasteiger partial charge in [-0.1, -0.05) is 41.5 Å². The number of fused-ring (bicyclic) bond motifs is 1. The lowest BCUT2D eigenvalue weighted by Gasteiger charge is -2.23. The minimum Gasteiger partial charge on any atom is -0.349 e. The molecule has 32 heavy (non-hydrogen) atoms. The molecular weight excluding hydrogens is 424 g/mol. The SMILES string of the molecule is C=C(C)CC1(c2cn(S(=O)(=O)c3ccc(C)cc3)c3ccccc23)N=C(N(C)C)NC1=O. The highest BCUT2D eigenvalue weighted by molar-refractivity contribution is 7.90. The smallest absolute Gasteiger partial charge is 0.268 e. The van der Waals surface area contributed by atoms with Gasteiger partial charge >= 0.3 is 0 Å². The number of hydrogen-bond acceptors (Lipinski definition) is 5. The standard InChI is InChI=1S/C24H26N4O3S/c1-16(2)14-24(22(29)25-23(26-24)27(4)5)20-15-28(21-9-7-6-8-19(20)21)32(30,31)18-12-10-17(3)11-13-18/h6-13,15H,1,14H2,2-5H3,(H,25,26,29). The monoisotopic (exact) mass is 450 g/mol. The van der Waals surface area contributed by atoms with Gasteiger partial charge in [-0.05, 0) is 32.0 Å². The number of aliphatic imine (C=N–C) groups is 1. The minimum absolute atomic E-state index is 0.178. The van der Waals surface area contributed by atoms with E-state index in [4.69, 9.17) is 4.99 Å². The Hall–Kier alpha value is -3.39. The van der Waals surface area contributed by atoms with E-state index in [-0.39, 0.29) is 17.2 Å². The molecule has 1 aliphatic rings. The number of aromatic nitrogens is 1. The molecule has 0 spiro atoms. The largest absolute Gasteiger partial charge is 0.349 e. The lowest BCUT2D eigenvalue weighted by molar-refractivity contribution is -0.124. The minimum atomic E-state index is -3.89. The highest BCUT2D eigenvalue weighted by atomic mass is 32.2. The van der Waals surface area contributed by atoms with Gasteiger partial charge in [-0.25, -0.2) is 17.4 Å². The van der Waals surface area contributed by atoms with Crippen LogP contribution in [-0.2, 0) is 20.4 Å². The normalized spacial score (nSPS) is 18.5. The Morgan fingerprint density at radius 1 is 1.16 bits per heavy atom. The average molecular weight is 451 g/mol. The quantitative estimate of drug-likeness (QED) is 0.604. The number of amides is 1. The molecule has 1 amide bonds. The molecule has 1 aliphatic heterocycles. The number of guanidine groups is 1. The summed E-state index contributed by atoms with van der Waals surface area (Å²) < 4.78 is 28.4. The fraction of sp³-hybridized carbons (Fsp3) is 0.250. The Labute approximate surface area is 188 Å². The highest BCUT2D eigenvalue weighted by Crippen LogP contribution is 2.41. The summed E-state index contributed by atoms with van der Waals surface area (Å²) >= 11 is 0. The van der Waals surface area contributed by atoms with Gasteiger partial charge in [0.1, 0.15) is 0 Å². The first-order valence-electron chi connectivity index (χ1n) is 10.2. The number of rotatable bonds is 5. The van der Waals surface area contributed by atoms with E-state index in [1.807, 2.05) is 26.0 Å². The maximum absolute atomic E-state index is 13.6. The molecule has 0 fully saturated rings. The van der Waals surface area contributed by atoms with Crippen molar-refractivity contribution in [1.82, 2.24) is 14.2 Å². The second-order valence-electron chi connectivity index (χ2n) is 8.45. The lowest BCUT2D eigenvalue weighted by atomic mass is 9.84. The Kier molecular flexibility index (Phi) is 5.21. The van der Waals surface area contributed by atoms with Crippen molar-refractivity contribution in [2.45, 2.75) is 30.7 Å². The van der Waals surface area contributed by atoms with Crippen LogP contribution in [-0.4, -0.2) is 43.3 Å². The van der Waals surface area contributed by atoms with Gasteiger partial charge in [0.05, 0.1) is 10.4 Å². The van der Waals surface area contributed by atoms with Crippen LogP contribution in [0.5, 0.6) is 0 Å². The molecule has 1 aromatic heterocycles. The van der Waals surface area contributed by atoms with Gasteiger partial charge in [0.15, 0.2) is 5.54 Å². The summed E-state index contributed by atoms with van der Waals surface area (Å²) in [6.45, 7) is 7.73. The van der Waals surface area contributed by atoms with Gasteiger partial charge in [0, 0.05) is 37.7 Å². The van der Waals surface area contributed by atoms with E-state index in [2.05, 4.69) is 11.9 Å². The zero-order valence-electron chi connectivity index (χ0n) is 18.6. The molecular formula is C24H26N4O3S. The zero-order chi connectivity index (χ0) is 23.3. The number of para-hydroxylation sites is 1. The van der Waals surface area contributed by atoms with Crippen molar-refractivity contribution < 1.29 is 13.2 Å². The van der Waals surface area contributed by atoms with Gasteiger partial charge in [0.2, 0.25) is 5.96 Å². The van der Waals surface area contributed by atoms with Crippen LogP contribution >= 0.6 is 0 Å². The number of carbonyl (C=O) groups is 1. The maximum Gasteiger partial charge on any atom is 0.268 e. The zero-order valence-corrected chi connectivity index (χ0v) is 19.4. The van der Waals surface area contributed by atoms with E-state index in [0.29, 0.717) is 22.4 Å². The number of nitrogens with one attached hydrogen (secondary N) is 1. The van der Waals surface area contributed by atoms with Crippen molar-refractivity contribution in [3.63, 3.8) is 0 Å². The topological polar surface area (TPSA) is 83.8 Å². The maximum atomic E-state index is 13.6.